The quantitative estimate of drug-likeness (QED) is 0.364. The zero-order valence-electron chi connectivity index (χ0n) is 19.9. The smallest absolute Gasteiger partial charge is 0.227 e. The summed E-state index contributed by atoms with van der Waals surface area (Å²) in [7, 11) is 0. The first-order chi connectivity index (χ1) is 16.7. The Morgan fingerprint density at radius 2 is 1.88 bits per heavy atom. The van der Waals surface area contributed by atoms with Gasteiger partial charge in [0.2, 0.25) is 5.95 Å². The highest BCUT2D eigenvalue weighted by atomic mass is 15.3. The molecule has 0 aliphatic heterocycles. The van der Waals surface area contributed by atoms with Gasteiger partial charge in [0.05, 0.1) is 12.0 Å². The average molecular weight is 459 g/mol. The minimum absolute atomic E-state index is 0.318. The van der Waals surface area contributed by atoms with Gasteiger partial charge in [0, 0.05) is 41.8 Å². The Balaban J connectivity index is 1.46. The van der Waals surface area contributed by atoms with Gasteiger partial charge in [0.1, 0.15) is 0 Å². The normalized spacial score (nSPS) is 21.5. The van der Waals surface area contributed by atoms with Gasteiger partial charge in [-0.05, 0) is 51.5 Å². The molecule has 0 saturated heterocycles. The fourth-order valence-electron chi connectivity index (χ4n) is 5.76. The molecule has 0 radical (unpaired) electrons. The van der Waals surface area contributed by atoms with Gasteiger partial charge < -0.3 is 25.5 Å². The number of para-hydroxylation sites is 1. The first-order valence-corrected chi connectivity index (χ1v) is 12.8. The van der Waals surface area contributed by atoms with Crippen molar-refractivity contribution in [2.24, 2.45) is 5.73 Å². The number of nitrogens with one attached hydrogen (secondary N) is 2. The maximum atomic E-state index is 6.14. The SMILES string of the molecule is CCN(c1c[nH]c2ccccc12)c1nc(NC2CCC(N)CC2)nc2c1ncn2C1CCCC1. The van der Waals surface area contributed by atoms with Crippen LogP contribution in [0.2, 0.25) is 0 Å². The van der Waals surface area contributed by atoms with Gasteiger partial charge in [-0.2, -0.15) is 9.97 Å². The molecule has 2 aliphatic carbocycles. The van der Waals surface area contributed by atoms with E-state index in [1.807, 2.05) is 6.33 Å². The van der Waals surface area contributed by atoms with Crippen molar-refractivity contribution in [1.82, 2.24) is 24.5 Å². The summed E-state index contributed by atoms with van der Waals surface area (Å²) in [6.07, 6.45) is 13.2. The van der Waals surface area contributed by atoms with Crippen molar-refractivity contribution in [3.05, 3.63) is 36.8 Å². The summed E-state index contributed by atoms with van der Waals surface area (Å²) in [5.74, 6) is 1.56. The second kappa shape index (κ2) is 8.91. The van der Waals surface area contributed by atoms with Crippen LogP contribution in [0.5, 0.6) is 0 Å². The van der Waals surface area contributed by atoms with E-state index in [2.05, 4.69) is 57.2 Å². The van der Waals surface area contributed by atoms with Crippen LogP contribution in [-0.2, 0) is 0 Å². The molecule has 34 heavy (non-hydrogen) atoms. The van der Waals surface area contributed by atoms with Crippen LogP contribution in [0.3, 0.4) is 0 Å². The maximum Gasteiger partial charge on any atom is 0.227 e. The summed E-state index contributed by atoms with van der Waals surface area (Å²) < 4.78 is 2.29. The van der Waals surface area contributed by atoms with Crippen LogP contribution in [0.25, 0.3) is 22.1 Å². The molecule has 4 aromatic rings. The molecule has 3 aromatic heterocycles. The first-order valence-electron chi connectivity index (χ1n) is 12.8. The molecule has 0 unspecified atom stereocenters. The summed E-state index contributed by atoms with van der Waals surface area (Å²) >= 11 is 0. The third-order valence-corrected chi connectivity index (χ3v) is 7.66. The van der Waals surface area contributed by atoms with E-state index in [-0.39, 0.29) is 0 Å². The highest BCUT2D eigenvalue weighted by Gasteiger charge is 2.26. The van der Waals surface area contributed by atoms with E-state index in [0.29, 0.717) is 24.1 Å². The summed E-state index contributed by atoms with van der Waals surface area (Å²) in [5, 5.41) is 4.83. The van der Waals surface area contributed by atoms with Gasteiger partial charge in [-0.15, -0.1) is 0 Å². The Kier molecular flexibility index (Phi) is 5.61. The number of rotatable bonds is 6. The lowest BCUT2D eigenvalue weighted by molar-refractivity contribution is 0.410. The molecule has 0 bridgehead atoms. The van der Waals surface area contributed by atoms with Crippen molar-refractivity contribution in [2.45, 2.75) is 76.4 Å². The van der Waals surface area contributed by atoms with Gasteiger partial charge in [0.15, 0.2) is 17.0 Å². The summed E-state index contributed by atoms with van der Waals surface area (Å²) in [4.78, 5) is 20.6. The van der Waals surface area contributed by atoms with Gasteiger partial charge in [-0.3, -0.25) is 0 Å². The van der Waals surface area contributed by atoms with Crippen molar-refractivity contribution in [1.29, 1.82) is 0 Å². The number of nitrogens with zero attached hydrogens (tertiary/aromatic N) is 5. The van der Waals surface area contributed by atoms with E-state index in [9.17, 15) is 0 Å². The predicted molar refractivity (Wildman–Crippen MR) is 138 cm³/mol. The number of imidazole rings is 1. The van der Waals surface area contributed by atoms with Crippen molar-refractivity contribution >= 4 is 39.5 Å². The molecular weight excluding hydrogens is 424 g/mol. The Labute approximate surface area is 200 Å². The van der Waals surface area contributed by atoms with Crippen LogP contribution >= 0.6 is 0 Å². The molecule has 178 valence electrons. The lowest BCUT2D eigenvalue weighted by atomic mass is 9.92. The Morgan fingerprint density at radius 3 is 2.68 bits per heavy atom. The number of anilines is 3. The predicted octanol–water partition coefficient (Wildman–Crippen LogP) is 5.26. The minimum Gasteiger partial charge on any atom is -0.359 e. The molecule has 8 heteroatoms. The van der Waals surface area contributed by atoms with E-state index in [1.54, 1.807) is 0 Å². The molecule has 2 fully saturated rings. The number of hydrogen-bond donors (Lipinski definition) is 3. The highest BCUT2D eigenvalue weighted by molar-refractivity contribution is 5.97. The molecule has 3 heterocycles. The van der Waals surface area contributed by atoms with Gasteiger partial charge in [-0.1, -0.05) is 31.0 Å². The Hall–Kier alpha value is -3.13. The van der Waals surface area contributed by atoms with Crippen LogP contribution in [0.1, 0.15) is 64.3 Å². The van der Waals surface area contributed by atoms with E-state index in [1.165, 1.54) is 31.1 Å². The molecule has 4 N–H and O–H groups in total. The summed E-state index contributed by atoms with van der Waals surface area (Å²) in [6, 6.07) is 9.55. The standard InChI is InChI=1S/C26H34N8/c1-2-33(22-15-28-21-10-6-5-9-20(21)22)24-23-25(34(16-29-23)19-7-3-4-8-19)32-26(31-24)30-18-13-11-17(27)12-14-18/h5-6,9-10,15-19,28H,2-4,7-8,11-14,27H2,1H3,(H,30,31,32). The number of hydrogen-bond acceptors (Lipinski definition) is 6. The molecule has 2 saturated carbocycles. The first kappa shape index (κ1) is 21.4. The molecular formula is C26H34N8. The van der Waals surface area contributed by atoms with Crippen molar-refractivity contribution < 1.29 is 0 Å². The second-order valence-corrected chi connectivity index (χ2v) is 9.85. The maximum absolute atomic E-state index is 6.14. The topological polar surface area (TPSA) is 101 Å². The molecule has 0 atom stereocenters. The van der Waals surface area contributed by atoms with E-state index in [0.717, 1.165) is 60.4 Å². The summed E-state index contributed by atoms with van der Waals surface area (Å²) in [6.45, 7) is 2.95. The average Bonchev–Trinajstić information content (AvgIpc) is 3.61. The third-order valence-electron chi connectivity index (χ3n) is 7.66. The van der Waals surface area contributed by atoms with Crippen LogP contribution in [0.15, 0.2) is 36.8 Å². The number of aromatic nitrogens is 5. The van der Waals surface area contributed by atoms with E-state index in [4.69, 9.17) is 20.7 Å². The zero-order valence-corrected chi connectivity index (χ0v) is 19.9. The number of fused-ring (bicyclic) bond motifs is 2. The summed E-state index contributed by atoms with van der Waals surface area (Å²) in [5.41, 5.74) is 10.2. The van der Waals surface area contributed by atoms with Crippen LogP contribution < -0.4 is 16.0 Å². The molecule has 0 spiro atoms. The molecule has 0 amide bonds. The van der Waals surface area contributed by atoms with Crippen LogP contribution in [-0.4, -0.2) is 43.1 Å². The number of aromatic amines is 1. The van der Waals surface area contributed by atoms with Gasteiger partial charge >= 0.3 is 0 Å². The van der Waals surface area contributed by atoms with Gasteiger partial charge in [0.25, 0.3) is 0 Å². The van der Waals surface area contributed by atoms with E-state index < -0.39 is 0 Å². The molecule has 8 nitrogen and oxygen atoms in total. The molecule has 2 aliphatic rings. The zero-order chi connectivity index (χ0) is 23.1. The molecule has 1 aromatic carbocycles. The molecule has 6 rings (SSSR count). The minimum atomic E-state index is 0.318. The Bertz CT molecular complexity index is 1280. The van der Waals surface area contributed by atoms with Crippen LogP contribution in [0.4, 0.5) is 17.5 Å². The number of H-pyrrole nitrogens is 1. The second-order valence-electron chi connectivity index (χ2n) is 9.85. The number of benzene rings is 1. The Morgan fingerprint density at radius 1 is 1.09 bits per heavy atom. The number of nitrogens with two attached hydrogens (primary N) is 1. The van der Waals surface area contributed by atoms with Crippen molar-refractivity contribution in [3.63, 3.8) is 0 Å². The monoisotopic (exact) mass is 458 g/mol. The fraction of sp³-hybridized carbons (Fsp3) is 0.500. The van der Waals surface area contributed by atoms with Crippen LogP contribution in [0, 0.1) is 0 Å². The third kappa shape index (κ3) is 3.79. The van der Waals surface area contributed by atoms with Gasteiger partial charge in [-0.25, -0.2) is 4.98 Å². The fourth-order valence-corrected chi connectivity index (χ4v) is 5.76. The van der Waals surface area contributed by atoms with Crippen molar-refractivity contribution in [3.8, 4) is 0 Å². The lowest BCUT2D eigenvalue weighted by Crippen LogP contribution is -2.33. The largest absolute Gasteiger partial charge is 0.359 e. The van der Waals surface area contributed by atoms with Crippen molar-refractivity contribution in [2.75, 3.05) is 16.8 Å². The highest BCUT2D eigenvalue weighted by Crippen LogP contribution is 2.37. The van der Waals surface area contributed by atoms with E-state index >= 15 is 0 Å². The lowest BCUT2D eigenvalue weighted by Gasteiger charge is -2.28.